The van der Waals surface area contributed by atoms with E-state index in [1.54, 1.807) is 12.1 Å². The highest BCUT2D eigenvalue weighted by molar-refractivity contribution is 5.80. The van der Waals surface area contributed by atoms with Crippen molar-refractivity contribution in [2.24, 2.45) is 0 Å². The molecule has 0 fully saturated rings. The van der Waals surface area contributed by atoms with Gasteiger partial charge in [0.2, 0.25) is 0 Å². The van der Waals surface area contributed by atoms with Gasteiger partial charge in [-0.1, -0.05) is 48.5 Å². The second-order valence-electron chi connectivity index (χ2n) is 3.11. The van der Waals surface area contributed by atoms with Crippen molar-refractivity contribution in [2.75, 3.05) is 0 Å². The average Bonchev–Trinajstić information content (AvgIpc) is 3.00. The second-order valence-corrected chi connectivity index (χ2v) is 3.11. The normalized spacial score (nSPS) is 8.62. The fourth-order valence-electron chi connectivity index (χ4n) is 1.21. The van der Waals surface area contributed by atoms with Crippen molar-refractivity contribution in [3.8, 4) is 24.0 Å². The summed E-state index contributed by atoms with van der Waals surface area (Å²) in [7, 11) is 0. The summed E-state index contributed by atoms with van der Waals surface area (Å²) in [6.45, 7) is 0. The number of fused-ring (bicyclic) bond motifs is 1. The molecular formula is C15H12O. The zero-order chi connectivity index (χ0) is 11.8. The highest BCUT2D eigenvalue weighted by atomic mass is 16.1. The van der Waals surface area contributed by atoms with Gasteiger partial charge in [-0.2, -0.15) is 0 Å². The topological polar surface area (TPSA) is 17.1 Å². The Morgan fingerprint density at radius 3 is 1.62 bits per heavy atom. The fraction of sp³-hybridized carbons (Fsp3) is 0. The predicted octanol–water partition coefficient (Wildman–Crippen LogP) is 3.42. The molecule has 78 valence electrons. The van der Waals surface area contributed by atoms with Crippen LogP contribution in [0, 0.1) is 12.8 Å². The zero-order valence-electron chi connectivity index (χ0n) is 8.84. The first kappa shape index (κ1) is 11.7. The molecule has 16 heavy (non-hydrogen) atoms. The molecule has 0 aliphatic heterocycles. The van der Waals surface area contributed by atoms with Crippen molar-refractivity contribution in [3.05, 3.63) is 60.2 Å². The maximum atomic E-state index is 10.0. The molecule has 0 saturated carbocycles. The Morgan fingerprint density at radius 1 is 0.812 bits per heavy atom. The van der Waals surface area contributed by atoms with E-state index in [9.17, 15) is 4.79 Å². The minimum absolute atomic E-state index is 0.729. The lowest BCUT2D eigenvalue weighted by atomic mass is 10.2. The van der Waals surface area contributed by atoms with E-state index in [-0.39, 0.29) is 0 Å². The Kier molecular flexibility index (Phi) is 4.56. The number of benzene rings is 2. The van der Waals surface area contributed by atoms with E-state index in [1.807, 2.05) is 18.2 Å². The third-order valence-corrected chi connectivity index (χ3v) is 2.05. The van der Waals surface area contributed by atoms with Crippen LogP contribution in [0.1, 0.15) is 10.4 Å². The highest BCUT2D eigenvalue weighted by Crippen LogP contribution is 2.32. The van der Waals surface area contributed by atoms with Gasteiger partial charge in [0.1, 0.15) is 6.29 Å². The number of aldehydes is 1. The Labute approximate surface area is 95.7 Å². The van der Waals surface area contributed by atoms with Crippen molar-refractivity contribution in [3.63, 3.8) is 0 Å². The number of hydrogen-bond acceptors (Lipinski definition) is 1. The first-order valence-corrected chi connectivity index (χ1v) is 4.84. The lowest BCUT2D eigenvalue weighted by molar-refractivity contribution is 0.112. The minimum atomic E-state index is 0.729. The molecule has 0 bridgehead atoms. The quantitative estimate of drug-likeness (QED) is 0.442. The van der Waals surface area contributed by atoms with E-state index >= 15 is 0 Å². The van der Waals surface area contributed by atoms with Gasteiger partial charge in [-0.25, -0.2) is 0 Å². The molecule has 1 aromatic carbocycles. The summed E-state index contributed by atoms with van der Waals surface area (Å²) in [6, 6.07) is 17.6. The highest BCUT2D eigenvalue weighted by Gasteiger charge is 2.06. The van der Waals surface area contributed by atoms with E-state index in [0.29, 0.717) is 0 Å². The van der Waals surface area contributed by atoms with Crippen LogP contribution in [0.4, 0.5) is 0 Å². The van der Waals surface area contributed by atoms with Gasteiger partial charge in [0.15, 0.2) is 0 Å². The van der Waals surface area contributed by atoms with Crippen LogP contribution in [0.2, 0.25) is 0 Å². The van der Waals surface area contributed by atoms with Gasteiger partial charge in [-0.05, 0) is 17.2 Å². The molecule has 3 rings (SSSR count). The van der Waals surface area contributed by atoms with Crippen LogP contribution in [-0.4, -0.2) is 6.29 Å². The van der Waals surface area contributed by atoms with Gasteiger partial charge >= 0.3 is 0 Å². The third-order valence-electron chi connectivity index (χ3n) is 2.05. The number of rotatable bonds is 1. The maximum Gasteiger partial charge on any atom is 0.150 e. The Morgan fingerprint density at radius 2 is 1.38 bits per heavy atom. The summed E-state index contributed by atoms with van der Waals surface area (Å²) in [6.07, 6.45) is 8.83. The standard InChI is InChI=1S/C7H6O.C6H4.C2H2/c8-6-7-4-2-1-3-5-7;1-2-5-4-6(5)3-1;1-2/h1-6H;1-4H;1-2H. The van der Waals surface area contributed by atoms with Crippen molar-refractivity contribution >= 4 is 6.29 Å². The van der Waals surface area contributed by atoms with Gasteiger partial charge in [-0.3, -0.25) is 4.79 Å². The van der Waals surface area contributed by atoms with Crippen LogP contribution in [-0.2, 0) is 0 Å². The third kappa shape index (κ3) is 3.43. The predicted molar refractivity (Wildman–Crippen MR) is 67.2 cm³/mol. The summed E-state index contributed by atoms with van der Waals surface area (Å²) < 4.78 is 0. The fourth-order valence-corrected chi connectivity index (χ4v) is 1.21. The maximum absolute atomic E-state index is 10.0. The Hall–Kier alpha value is -2.33. The monoisotopic (exact) mass is 208 g/mol. The molecule has 0 radical (unpaired) electrons. The summed E-state index contributed by atoms with van der Waals surface area (Å²) >= 11 is 0. The summed E-state index contributed by atoms with van der Waals surface area (Å²) in [5.74, 6) is 0. The molecule has 0 aromatic heterocycles. The van der Waals surface area contributed by atoms with E-state index in [1.165, 1.54) is 11.1 Å². The number of carbonyl (C=O) groups excluding carboxylic acids is 1. The molecular weight excluding hydrogens is 196 g/mol. The molecule has 0 saturated heterocycles. The molecule has 0 unspecified atom stereocenters. The van der Waals surface area contributed by atoms with Gasteiger partial charge in [0, 0.05) is 5.56 Å². The van der Waals surface area contributed by atoms with Crippen LogP contribution in [0.5, 0.6) is 0 Å². The van der Waals surface area contributed by atoms with Gasteiger partial charge in [-0.15, -0.1) is 12.8 Å². The molecule has 0 spiro atoms. The number of hydrogen-bond donors (Lipinski definition) is 0. The van der Waals surface area contributed by atoms with Gasteiger partial charge in [0.05, 0.1) is 0 Å². The van der Waals surface area contributed by atoms with Crippen LogP contribution in [0.25, 0.3) is 11.1 Å². The molecule has 0 atom stereocenters. The van der Waals surface area contributed by atoms with Crippen LogP contribution >= 0.6 is 0 Å². The summed E-state index contributed by atoms with van der Waals surface area (Å²) in [5, 5.41) is 0. The molecule has 2 aliphatic rings. The Balaban J connectivity index is 0.000000142. The molecule has 1 heteroatoms. The molecule has 0 N–H and O–H groups in total. The van der Waals surface area contributed by atoms with Crippen molar-refractivity contribution in [1.82, 2.24) is 0 Å². The summed E-state index contributed by atoms with van der Waals surface area (Å²) in [4.78, 5) is 10.0. The SMILES string of the molecule is C#C.O=Cc1ccccc1.c1cc2cc-2c1. The molecule has 1 aromatic rings. The molecule has 2 aliphatic carbocycles. The van der Waals surface area contributed by atoms with Crippen molar-refractivity contribution in [2.45, 2.75) is 0 Å². The van der Waals surface area contributed by atoms with E-state index in [0.717, 1.165) is 11.8 Å². The number of terminal acetylenes is 1. The van der Waals surface area contributed by atoms with E-state index in [4.69, 9.17) is 0 Å². The van der Waals surface area contributed by atoms with Crippen LogP contribution in [0.15, 0.2) is 54.6 Å². The van der Waals surface area contributed by atoms with Crippen LogP contribution < -0.4 is 0 Å². The smallest absolute Gasteiger partial charge is 0.150 e. The van der Waals surface area contributed by atoms with E-state index < -0.39 is 0 Å². The van der Waals surface area contributed by atoms with Crippen molar-refractivity contribution < 1.29 is 4.79 Å². The van der Waals surface area contributed by atoms with E-state index in [2.05, 4.69) is 37.1 Å². The molecule has 0 amide bonds. The zero-order valence-corrected chi connectivity index (χ0v) is 8.84. The summed E-state index contributed by atoms with van der Waals surface area (Å²) in [5.41, 5.74) is 3.58. The lowest BCUT2D eigenvalue weighted by Crippen LogP contribution is -1.73. The average molecular weight is 208 g/mol. The lowest BCUT2D eigenvalue weighted by Gasteiger charge is -1.81. The van der Waals surface area contributed by atoms with Gasteiger partial charge in [0.25, 0.3) is 0 Å². The van der Waals surface area contributed by atoms with Crippen molar-refractivity contribution in [1.29, 1.82) is 0 Å². The first-order chi connectivity index (χ1) is 7.90. The Bertz CT molecular complexity index is 452. The largest absolute Gasteiger partial charge is 0.298 e. The molecule has 1 nitrogen and oxygen atoms in total. The number of carbonyl (C=O) groups is 1. The van der Waals surface area contributed by atoms with Gasteiger partial charge < -0.3 is 0 Å². The molecule has 0 heterocycles. The minimum Gasteiger partial charge on any atom is -0.298 e. The second kappa shape index (κ2) is 6.21. The van der Waals surface area contributed by atoms with Crippen LogP contribution in [0.3, 0.4) is 0 Å². The first-order valence-electron chi connectivity index (χ1n) is 4.84.